The number of rotatable bonds is 1. The Morgan fingerprint density at radius 2 is 2.00 bits per heavy atom. The lowest BCUT2D eigenvalue weighted by molar-refractivity contribution is -0.120. The third kappa shape index (κ3) is 1.67. The highest BCUT2D eigenvalue weighted by Gasteiger charge is 2.25. The van der Waals surface area contributed by atoms with Crippen LogP contribution in [0.5, 0.6) is 11.5 Å². The van der Waals surface area contributed by atoms with E-state index in [1.807, 2.05) is 0 Å². The van der Waals surface area contributed by atoms with Gasteiger partial charge in [-0.15, -0.1) is 0 Å². The molecule has 6 heteroatoms. The van der Waals surface area contributed by atoms with Gasteiger partial charge in [0.15, 0.2) is 11.5 Å². The van der Waals surface area contributed by atoms with E-state index in [2.05, 4.69) is 5.32 Å². The van der Waals surface area contributed by atoms with E-state index in [9.17, 15) is 9.59 Å². The summed E-state index contributed by atoms with van der Waals surface area (Å²) in [7, 11) is 0. The van der Waals surface area contributed by atoms with Crippen LogP contribution >= 0.6 is 0 Å². The summed E-state index contributed by atoms with van der Waals surface area (Å²) in [5.41, 5.74) is 0.694. The van der Waals surface area contributed by atoms with Gasteiger partial charge >= 0.3 is 6.03 Å². The largest absolute Gasteiger partial charge is 0.454 e. The van der Waals surface area contributed by atoms with Crippen molar-refractivity contribution in [3.05, 3.63) is 18.2 Å². The second kappa shape index (κ2) is 3.65. The van der Waals surface area contributed by atoms with E-state index in [1.165, 1.54) is 4.90 Å². The van der Waals surface area contributed by atoms with E-state index in [4.69, 9.17) is 9.47 Å². The lowest BCUT2D eigenvalue weighted by atomic mass is 10.2. The zero-order valence-electron chi connectivity index (χ0n) is 8.93. The molecule has 88 valence electrons. The third-order valence-electron chi connectivity index (χ3n) is 2.72. The van der Waals surface area contributed by atoms with Crippen LogP contribution in [0.15, 0.2) is 18.2 Å². The number of urea groups is 1. The monoisotopic (exact) mass is 234 g/mol. The molecule has 0 bridgehead atoms. The highest BCUT2D eigenvalue weighted by molar-refractivity contribution is 6.05. The van der Waals surface area contributed by atoms with E-state index >= 15 is 0 Å². The Labute approximate surface area is 97.1 Å². The van der Waals surface area contributed by atoms with Gasteiger partial charge in [0, 0.05) is 24.7 Å². The van der Waals surface area contributed by atoms with Gasteiger partial charge in [-0.3, -0.25) is 15.0 Å². The number of imide groups is 1. The van der Waals surface area contributed by atoms with Crippen molar-refractivity contribution in [2.45, 2.75) is 6.42 Å². The van der Waals surface area contributed by atoms with E-state index in [-0.39, 0.29) is 12.7 Å². The van der Waals surface area contributed by atoms with Gasteiger partial charge in [0.1, 0.15) is 0 Å². The van der Waals surface area contributed by atoms with Crippen molar-refractivity contribution in [2.75, 3.05) is 18.2 Å². The number of benzene rings is 1. The first-order valence-electron chi connectivity index (χ1n) is 5.25. The SMILES string of the molecule is O=C1CCN(c2ccc3c(c2)OCO3)C(=O)N1. The molecule has 1 fully saturated rings. The number of fused-ring (bicyclic) bond motifs is 1. The first-order valence-corrected chi connectivity index (χ1v) is 5.25. The fraction of sp³-hybridized carbons (Fsp3) is 0.273. The van der Waals surface area contributed by atoms with Crippen molar-refractivity contribution in [3.63, 3.8) is 0 Å². The molecule has 0 spiro atoms. The van der Waals surface area contributed by atoms with Gasteiger partial charge in [0.25, 0.3) is 0 Å². The van der Waals surface area contributed by atoms with Crippen LogP contribution in [0.4, 0.5) is 10.5 Å². The number of anilines is 1. The van der Waals surface area contributed by atoms with Gasteiger partial charge < -0.3 is 9.47 Å². The maximum Gasteiger partial charge on any atom is 0.328 e. The number of carbonyl (C=O) groups is 2. The maximum atomic E-state index is 11.6. The molecule has 0 atom stereocenters. The molecule has 2 heterocycles. The van der Waals surface area contributed by atoms with Gasteiger partial charge in [-0.2, -0.15) is 0 Å². The van der Waals surface area contributed by atoms with E-state index in [0.717, 1.165) is 0 Å². The molecular weight excluding hydrogens is 224 g/mol. The predicted molar refractivity (Wildman–Crippen MR) is 58.1 cm³/mol. The van der Waals surface area contributed by atoms with E-state index < -0.39 is 6.03 Å². The van der Waals surface area contributed by atoms with E-state index in [0.29, 0.717) is 30.2 Å². The molecule has 1 saturated heterocycles. The summed E-state index contributed by atoms with van der Waals surface area (Å²) in [5.74, 6) is 1.04. The minimum atomic E-state index is -0.403. The fourth-order valence-electron chi connectivity index (χ4n) is 1.86. The summed E-state index contributed by atoms with van der Waals surface area (Å²) in [6.07, 6.45) is 0.306. The number of nitrogens with zero attached hydrogens (tertiary/aromatic N) is 1. The summed E-state index contributed by atoms with van der Waals surface area (Å²) >= 11 is 0. The van der Waals surface area contributed by atoms with Crippen LogP contribution in [0.3, 0.4) is 0 Å². The zero-order valence-corrected chi connectivity index (χ0v) is 8.93. The summed E-state index contributed by atoms with van der Waals surface area (Å²) in [6.45, 7) is 0.577. The molecule has 0 unspecified atom stereocenters. The van der Waals surface area contributed by atoms with Crippen LogP contribution in [0.25, 0.3) is 0 Å². The van der Waals surface area contributed by atoms with Crippen LogP contribution < -0.4 is 19.7 Å². The Morgan fingerprint density at radius 1 is 1.18 bits per heavy atom. The van der Waals surface area contributed by atoms with Crippen molar-refractivity contribution in [1.29, 1.82) is 0 Å². The third-order valence-corrected chi connectivity index (χ3v) is 2.72. The first-order chi connectivity index (χ1) is 8.24. The molecule has 0 aromatic heterocycles. The normalized spacial score (nSPS) is 18.2. The number of amides is 3. The minimum Gasteiger partial charge on any atom is -0.454 e. The molecule has 1 aromatic carbocycles. The summed E-state index contributed by atoms with van der Waals surface area (Å²) in [6, 6.07) is 4.85. The maximum absolute atomic E-state index is 11.6. The van der Waals surface area contributed by atoms with Crippen LogP contribution in [0, 0.1) is 0 Å². The van der Waals surface area contributed by atoms with Gasteiger partial charge in [-0.25, -0.2) is 4.79 Å². The van der Waals surface area contributed by atoms with Crippen LogP contribution in [0.1, 0.15) is 6.42 Å². The second-order valence-corrected chi connectivity index (χ2v) is 3.79. The van der Waals surface area contributed by atoms with Crippen molar-refractivity contribution in [3.8, 4) is 11.5 Å². The molecule has 6 nitrogen and oxygen atoms in total. The molecule has 0 saturated carbocycles. The van der Waals surface area contributed by atoms with Gasteiger partial charge in [0.2, 0.25) is 12.7 Å². The van der Waals surface area contributed by atoms with Gasteiger partial charge in [-0.05, 0) is 12.1 Å². The lowest BCUT2D eigenvalue weighted by Gasteiger charge is -2.26. The Bertz CT molecular complexity index is 500. The van der Waals surface area contributed by atoms with E-state index in [1.54, 1.807) is 18.2 Å². The molecule has 3 amide bonds. The summed E-state index contributed by atoms with van der Waals surface area (Å²) < 4.78 is 10.4. The Morgan fingerprint density at radius 3 is 2.82 bits per heavy atom. The minimum absolute atomic E-state index is 0.198. The average molecular weight is 234 g/mol. The zero-order chi connectivity index (χ0) is 11.8. The predicted octanol–water partition coefficient (Wildman–Crippen LogP) is 0.862. The molecule has 1 N–H and O–H groups in total. The van der Waals surface area contributed by atoms with Crippen molar-refractivity contribution < 1.29 is 19.1 Å². The number of ether oxygens (including phenoxy) is 2. The Kier molecular flexibility index (Phi) is 2.14. The van der Waals surface area contributed by atoms with Crippen molar-refractivity contribution in [1.82, 2.24) is 5.32 Å². The van der Waals surface area contributed by atoms with Crippen molar-refractivity contribution >= 4 is 17.6 Å². The standard InChI is InChI=1S/C11H10N2O4/c14-10-3-4-13(11(15)12-10)7-1-2-8-9(5-7)17-6-16-8/h1-2,5H,3-4,6H2,(H,12,14,15). The van der Waals surface area contributed by atoms with Gasteiger partial charge in [0.05, 0.1) is 0 Å². The molecular formula is C11H10N2O4. The molecule has 17 heavy (non-hydrogen) atoms. The fourth-order valence-corrected chi connectivity index (χ4v) is 1.86. The number of carbonyl (C=O) groups excluding carboxylic acids is 2. The highest BCUT2D eigenvalue weighted by Crippen LogP contribution is 2.35. The average Bonchev–Trinajstić information content (AvgIpc) is 2.75. The Hall–Kier alpha value is -2.24. The molecule has 0 aliphatic carbocycles. The van der Waals surface area contributed by atoms with Crippen molar-refractivity contribution in [2.24, 2.45) is 0 Å². The summed E-state index contributed by atoms with van der Waals surface area (Å²) in [4.78, 5) is 24.2. The van der Waals surface area contributed by atoms with Crippen LogP contribution in [0.2, 0.25) is 0 Å². The molecule has 3 rings (SSSR count). The lowest BCUT2D eigenvalue weighted by Crippen LogP contribution is -2.49. The first kappa shape index (κ1) is 9.95. The topological polar surface area (TPSA) is 67.9 Å². The van der Waals surface area contributed by atoms with Crippen LogP contribution in [-0.2, 0) is 4.79 Å². The summed E-state index contributed by atoms with van der Waals surface area (Å²) in [5, 5.41) is 2.27. The quantitative estimate of drug-likeness (QED) is 0.782. The Balaban J connectivity index is 1.89. The number of nitrogens with one attached hydrogen (secondary N) is 1. The van der Waals surface area contributed by atoms with Crippen LogP contribution in [-0.4, -0.2) is 25.3 Å². The number of hydrogen-bond acceptors (Lipinski definition) is 4. The second-order valence-electron chi connectivity index (χ2n) is 3.79. The molecule has 1 aromatic rings. The number of hydrogen-bond donors (Lipinski definition) is 1. The molecule has 0 radical (unpaired) electrons. The smallest absolute Gasteiger partial charge is 0.328 e. The highest BCUT2D eigenvalue weighted by atomic mass is 16.7. The van der Waals surface area contributed by atoms with Gasteiger partial charge in [-0.1, -0.05) is 0 Å². The molecule has 2 aliphatic heterocycles. The molecule has 2 aliphatic rings.